The second-order valence-corrected chi connectivity index (χ2v) is 9.61. The van der Waals surface area contributed by atoms with E-state index in [-0.39, 0.29) is 25.0 Å². The zero-order chi connectivity index (χ0) is 25.0. The van der Waals surface area contributed by atoms with Crippen LogP contribution >= 0.6 is 0 Å². The molecule has 1 saturated heterocycles. The first-order valence-corrected chi connectivity index (χ1v) is 12.5. The Bertz CT molecular complexity index is 1050. The normalized spacial score (nSPS) is 19.7. The Hall–Kier alpha value is -3.35. The number of carbonyl (C=O) groups excluding carboxylic acids is 2. The number of amides is 2. The molecular formula is C28H34N2O5. The number of nitrogens with one attached hydrogen (secondary N) is 1. The van der Waals surface area contributed by atoms with E-state index in [1.165, 1.54) is 0 Å². The fourth-order valence-electron chi connectivity index (χ4n) is 5.34. The molecule has 0 aromatic heterocycles. The zero-order valence-electron chi connectivity index (χ0n) is 20.5. The van der Waals surface area contributed by atoms with Crippen molar-refractivity contribution in [1.82, 2.24) is 10.2 Å². The zero-order valence-corrected chi connectivity index (χ0v) is 20.5. The van der Waals surface area contributed by atoms with Gasteiger partial charge in [0.25, 0.3) is 0 Å². The van der Waals surface area contributed by atoms with E-state index in [0.717, 1.165) is 35.1 Å². The minimum Gasteiger partial charge on any atom is -0.481 e. The highest BCUT2D eigenvalue weighted by molar-refractivity contribution is 5.87. The number of likely N-dealkylation sites (tertiary alicyclic amines) is 1. The van der Waals surface area contributed by atoms with Crippen LogP contribution in [-0.4, -0.2) is 53.7 Å². The van der Waals surface area contributed by atoms with Gasteiger partial charge in [0, 0.05) is 19.0 Å². The maximum atomic E-state index is 13.3. The van der Waals surface area contributed by atoms with Gasteiger partial charge >= 0.3 is 12.1 Å². The standard InChI is InChI=1S/C28H34N2O5/c1-3-5-14-24(25(31)30-16-15-28(4-2,18-30)26(32)33)29-27(34)35-17-23-21-12-8-6-10-19(21)20-11-7-9-13-22(20)23/h6-13,23-24H,3-5,14-18H2,1-2H3,(H,29,34)(H,32,33)/t24-,28?/m0/s1. The second kappa shape index (κ2) is 10.5. The van der Waals surface area contributed by atoms with Gasteiger partial charge in [-0.3, -0.25) is 9.59 Å². The van der Waals surface area contributed by atoms with Crippen LogP contribution in [0, 0.1) is 5.41 Å². The molecule has 7 nitrogen and oxygen atoms in total. The Morgan fingerprint density at radius 3 is 2.26 bits per heavy atom. The van der Waals surface area contributed by atoms with Crippen LogP contribution in [0.1, 0.15) is 63.0 Å². The summed E-state index contributed by atoms with van der Waals surface area (Å²) in [6, 6.07) is 15.5. The summed E-state index contributed by atoms with van der Waals surface area (Å²) in [5.41, 5.74) is 3.65. The van der Waals surface area contributed by atoms with Crippen LogP contribution in [-0.2, 0) is 14.3 Å². The molecule has 1 unspecified atom stereocenters. The Balaban J connectivity index is 1.42. The molecule has 0 radical (unpaired) electrons. The molecule has 7 heteroatoms. The Morgan fingerprint density at radius 1 is 1.09 bits per heavy atom. The van der Waals surface area contributed by atoms with Gasteiger partial charge in [-0.25, -0.2) is 4.79 Å². The first-order chi connectivity index (χ1) is 16.9. The number of ether oxygens (including phenoxy) is 1. The molecule has 2 aromatic carbocycles. The van der Waals surface area contributed by atoms with E-state index in [1.54, 1.807) is 4.90 Å². The molecule has 1 aliphatic carbocycles. The average molecular weight is 479 g/mol. The average Bonchev–Trinajstić information content (AvgIpc) is 3.46. The molecule has 0 saturated carbocycles. The van der Waals surface area contributed by atoms with E-state index >= 15 is 0 Å². The summed E-state index contributed by atoms with van der Waals surface area (Å²) in [4.78, 5) is 39.5. The Morgan fingerprint density at radius 2 is 1.71 bits per heavy atom. The third-order valence-corrected chi connectivity index (χ3v) is 7.58. The summed E-state index contributed by atoms with van der Waals surface area (Å²) >= 11 is 0. The van der Waals surface area contributed by atoms with Crippen molar-refractivity contribution >= 4 is 18.0 Å². The van der Waals surface area contributed by atoms with Crippen LogP contribution in [0.3, 0.4) is 0 Å². The third kappa shape index (κ3) is 4.90. The van der Waals surface area contributed by atoms with Crippen LogP contribution in [0.25, 0.3) is 11.1 Å². The quantitative estimate of drug-likeness (QED) is 0.540. The number of carbonyl (C=O) groups is 3. The third-order valence-electron chi connectivity index (χ3n) is 7.58. The number of benzene rings is 2. The van der Waals surface area contributed by atoms with Crippen LogP contribution in [0.15, 0.2) is 48.5 Å². The largest absolute Gasteiger partial charge is 0.481 e. The summed E-state index contributed by atoms with van der Waals surface area (Å²) < 4.78 is 5.65. The number of carboxylic acid groups (broad SMARTS) is 1. The molecule has 0 bridgehead atoms. The summed E-state index contributed by atoms with van der Waals surface area (Å²) in [6.07, 6.45) is 2.40. The van der Waals surface area contributed by atoms with E-state index in [2.05, 4.69) is 29.6 Å². The number of hydrogen-bond donors (Lipinski definition) is 2. The lowest BCUT2D eigenvalue weighted by molar-refractivity contribution is -0.148. The number of unbranched alkanes of at least 4 members (excludes halogenated alkanes) is 1. The first-order valence-electron chi connectivity index (χ1n) is 12.5. The SMILES string of the molecule is CCCC[C@H](NC(=O)OCC1c2ccccc2-c2ccccc21)C(=O)N1CCC(CC)(C(=O)O)C1. The van der Waals surface area contributed by atoms with E-state index in [1.807, 2.05) is 38.1 Å². The van der Waals surface area contributed by atoms with E-state index in [4.69, 9.17) is 4.74 Å². The first kappa shape index (κ1) is 24.8. The molecule has 0 spiro atoms. The van der Waals surface area contributed by atoms with Crippen LogP contribution < -0.4 is 5.32 Å². The molecule has 2 atom stereocenters. The van der Waals surface area contributed by atoms with Crippen LogP contribution in [0.2, 0.25) is 0 Å². The highest BCUT2D eigenvalue weighted by Gasteiger charge is 2.45. The van der Waals surface area contributed by atoms with Gasteiger partial charge in [-0.15, -0.1) is 0 Å². The molecule has 2 aromatic rings. The lowest BCUT2D eigenvalue weighted by Crippen LogP contribution is -2.49. The predicted molar refractivity (Wildman–Crippen MR) is 133 cm³/mol. The molecule has 2 N–H and O–H groups in total. The Labute approximate surface area is 206 Å². The van der Waals surface area contributed by atoms with Gasteiger partial charge in [-0.2, -0.15) is 0 Å². The van der Waals surface area contributed by atoms with Crippen molar-refractivity contribution in [1.29, 1.82) is 0 Å². The second-order valence-electron chi connectivity index (χ2n) is 9.61. The van der Waals surface area contributed by atoms with Gasteiger partial charge < -0.3 is 20.1 Å². The highest BCUT2D eigenvalue weighted by Crippen LogP contribution is 2.44. The number of aliphatic carboxylic acids is 1. The predicted octanol–water partition coefficient (Wildman–Crippen LogP) is 4.80. The molecule has 35 heavy (non-hydrogen) atoms. The topological polar surface area (TPSA) is 95.9 Å². The van der Waals surface area contributed by atoms with Crippen molar-refractivity contribution in [3.05, 3.63) is 59.7 Å². The highest BCUT2D eigenvalue weighted by atomic mass is 16.5. The van der Waals surface area contributed by atoms with E-state index in [0.29, 0.717) is 25.8 Å². The fraction of sp³-hybridized carbons (Fsp3) is 0.464. The van der Waals surface area contributed by atoms with E-state index in [9.17, 15) is 19.5 Å². The lowest BCUT2D eigenvalue weighted by atomic mass is 9.84. The number of nitrogens with zero attached hydrogens (tertiary/aromatic N) is 1. The van der Waals surface area contributed by atoms with Crippen LogP contribution in [0.4, 0.5) is 4.79 Å². The van der Waals surface area contributed by atoms with Gasteiger partial charge in [0.15, 0.2) is 0 Å². The molecule has 2 aliphatic rings. The number of carboxylic acids is 1. The monoisotopic (exact) mass is 478 g/mol. The summed E-state index contributed by atoms with van der Waals surface area (Å²) in [7, 11) is 0. The lowest BCUT2D eigenvalue weighted by Gasteiger charge is -2.26. The van der Waals surface area contributed by atoms with Gasteiger partial charge in [-0.05, 0) is 41.5 Å². The molecule has 2 amide bonds. The van der Waals surface area contributed by atoms with Crippen molar-refractivity contribution in [3.8, 4) is 11.1 Å². The fourth-order valence-corrected chi connectivity index (χ4v) is 5.34. The minimum atomic E-state index is -0.908. The van der Waals surface area contributed by atoms with Crippen molar-refractivity contribution in [2.24, 2.45) is 5.41 Å². The number of alkyl carbamates (subject to hydrolysis) is 1. The Kier molecular flexibility index (Phi) is 7.43. The smallest absolute Gasteiger partial charge is 0.407 e. The van der Waals surface area contributed by atoms with E-state index < -0.39 is 23.5 Å². The molecular weight excluding hydrogens is 444 g/mol. The van der Waals surface area contributed by atoms with Crippen molar-refractivity contribution in [3.63, 3.8) is 0 Å². The maximum Gasteiger partial charge on any atom is 0.407 e. The van der Waals surface area contributed by atoms with Gasteiger partial charge in [-0.1, -0.05) is 75.2 Å². The molecule has 4 rings (SSSR count). The van der Waals surface area contributed by atoms with Crippen LogP contribution in [0.5, 0.6) is 0 Å². The number of hydrogen-bond acceptors (Lipinski definition) is 4. The summed E-state index contributed by atoms with van der Waals surface area (Å²) in [6.45, 7) is 4.60. The van der Waals surface area contributed by atoms with Gasteiger partial charge in [0.1, 0.15) is 12.6 Å². The molecule has 1 heterocycles. The number of fused-ring (bicyclic) bond motifs is 3. The molecule has 186 valence electrons. The minimum absolute atomic E-state index is 0.0581. The molecule has 1 fully saturated rings. The van der Waals surface area contributed by atoms with Crippen molar-refractivity contribution in [2.75, 3.05) is 19.7 Å². The van der Waals surface area contributed by atoms with Crippen molar-refractivity contribution < 1.29 is 24.2 Å². The molecule has 1 aliphatic heterocycles. The van der Waals surface area contributed by atoms with Gasteiger partial charge in [0.05, 0.1) is 5.41 Å². The maximum absolute atomic E-state index is 13.3. The number of rotatable bonds is 9. The summed E-state index contributed by atoms with van der Waals surface area (Å²) in [5, 5.41) is 12.4. The van der Waals surface area contributed by atoms with Gasteiger partial charge in [0.2, 0.25) is 5.91 Å². The van der Waals surface area contributed by atoms with Crippen molar-refractivity contribution in [2.45, 2.75) is 57.9 Å². The summed E-state index contributed by atoms with van der Waals surface area (Å²) in [5.74, 6) is -1.16.